The topological polar surface area (TPSA) is 58.0 Å². The van der Waals surface area contributed by atoms with E-state index in [0.717, 1.165) is 27.1 Å². The number of hydrogen-bond acceptors (Lipinski definition) is 4. The van der Waals surface area contributed by atoms with Crippen molar-refractivity contribution in [3.05, 3.63) is 54.6 Å². The number of rotatable bonds is 4. The summed E-state index contributed by atoms with van der Waals surface area (Å²) in [5, 5.41) is 16.4. The molecule has 3 aromatic heterocycles. The Morgan fingerprint density at radius 1 is 1.36 bits per heavy atom. The number of thioether (sulfide) groups is 1. The van der Waals surface area contributed by atoms with Crippen molar-refractivity contribution in [1.82, 2.24) is 19.8 Å². The van der Waals surface area contributed by atoms with E-state index in [1.807, 2.05) is 30.7 Å². The molecule has 0 fully saturated rings. The highest BCUT2D eigenvalue weighted by atomic mass is 32.2. The van der Waals surface area contributed by atoms with Crippen molar-refractivity contribution in [2.24, 2.45) is 0 Å². The van der Waals surface area contributed by atoms with Gasteiger partial charge in [0.05, 0.1) is 11.0 Å². The monoisotopic (exact) mass is 353 g/mol. The number of H-pyrrole nitrogens is 1. The van der Waals surface area contributed by atoms with E-state index in [2.05, 4.69) is 27.2 Å². The van der Waals surface area contributed by atoms with Crippen LogP contribution in [0.25, 0.3) is 27.5 Å². The first-order valence-electron chi connectivity index (χ1n) is 7.70. The van der Waals surface area contributed by atoms with E-state index < -0.39 is 0 Å². The number of anilines is 1. The number of nitrogens with one attached hydrogen (secondary N) is 2. The minimum absolute atomic E-state index is 0.249. The summed E-state index contributed by atoms with van der Waals surface area (Å²) in [4.78, 5) is 0. The molecule has 0 amide bonds. The molecule has 25 heavy (non-hydrogen) atoms. The van der Waals surface area contributed by atoms with Gasteiger partial charge in [-0.1, -0.05) is 6.58 Å². The first kappa shape index (κ1) is 15.7. The first-order valence-corrected chi connectivity index (χ1v) is 8.93. The molecule has 0 saturated carbocycles. The Hall–Kier alpha value is -2.80. The lowest BCUT2D eigenvalue weighted by Gasteiger charge is -2.10. The van der Waals surface area contributed by atoms with Crippen LogP contribution in [0, 0.1) is 12.7 Å². The van der Waals surface area contributed by atoms with Crippen molar-refractivity contribution < 1.29 is 4.39 Å². The molecule has 3 heterocycles. The third-order valence-corrected chi connectivity index (χ3v) is 4.89. The van der Waals surface area contributed by atoms with E-state index in [0.29, 0.717) is 16.9 Å². The fourth-order valence-corrected chi connectivity index (χ4v) is 3.61. The number of pyridine rings is 1. The molecule has 0 radical (unpaired) electrons. The van der Waals surface area contributed by atoms with Gasteiger partial charge in [0.25, 0.3) is 0 Å². The minimum atomic E-state index is -0.249. The number of halogens is 1. The van der Waals surface area contributed by atoms with Crippen LogP contribution in [0.5, 0.6) is 0 Å². The molecule has 4 aromatic rings. The molecule has 5 nitrogen and oxygen atoms in total. The summed E-state index contributed by atoms with van der Waals surface area (Å²) in [6.45, 7) is 5.44. The predicted molar refractivity (Wildman–Crippen MR) is 101 cm³/mol. The largest absolute Gasteiger partial charge is 0.346 e. The number of fused-ring (bicyclic) bond motifs is 2. The second-order valence-electron chi connectivity index (χ2n) is 5.68. The van der Waals surface area contributed by atoms with E-state index in [-0.39, 0.29) is 5.82 Å². The van der Waals surface area contributed by atoms with Gasteiger partial charge in [-0.25, -0.2) is 8.91 Å². The van der Waals surface area contributed by atoms with Gasteiger partial charge in [-0.2, -0.15) is 10.2 Å². The standard InChI is InChI=1S/C18H16FN5S/c1-4-20-15-8-12-7-11(5-6-24(12)23-15)16-10(2)13(19)9-14-17(16)18(25-3)22-21-14/h4-9H,1H2,2-3H3,(H,20,23)(H,21,22). The van der Waals surface area contributed by atoms with Crippen LogP contribution in [-0.2, 0) is 0 Å². The normalized spacial score (nSPS) is 11.3. The van der Waals surface area contributed by atoms with Crippen LogP contribution >= 0.6 is 11.8 Å². The zero-order valence-corrected chi connectivity index (χ0v) is 14.6. The molecule has 4 rings (SSSR count). The van der Waals surface area contributed by atoms with Crippen molar-refractivity contribution in [2.45, 2.75) is 11.9 Å². The minimum Gasteiger partial charge on any atom is -0.346 e. The van der Waals surface area contributed by atoms with Crippen LogP contribution in [-0.4, -0.2) is 26.1 Å². The molecule has 0 aliphatic carbocycles. The molecule has 0 atom stereocenters. The summed E-state index contributed by atoms with van der Waals surface area (Å²) < 4.78 is 16.2. The van der Waals surface area contributed by atoms with Gasteiger partial charge in [0.2, 0.25) is 0 Å². The van der Waals surface area contributed by atoms with Crippen molar-refractivity contribution in [1.29, 1.82) is 0 Å². The third kappa shape index (κ3) is 2.47. The lowest BCUT2D eigenvalue weighted by atomic mass is 9.97. The summed E-state index contributed by atoms with van der Waals surface area (Å²) in [5.41, 5.74) is 4.00. The van der Waals surface area contributed by atoms with E-state index in [1.165, 1.54) is 17.8 Å². The number of aromatic nitrogens is 4. The van der Waals surface area contributed by atoms with Gasteiger partial charge in [0.1, 0.15) is 10.8 Å². The Bertz CT molecular complexity index is 1110. The third-order valence-electron chi connectivity index (χ3n) is 4.21. The van der Waals surface area contributed by atoms with E-state index >= 15 is 0 Å². The van der Waals surface area contributed by atoms with Gasteiger partial charge < -0.3 is 5.32 Å². The summed E-state index contributed by atoms with van der Waals surface area (Å²) >= 11 is 1.54. The lowest BCUT2D eigenvalue weighted by molar-refractivity contribution is 0.621. The van der Waals surface area contributed by atoms with Gasteiger partial charge >= 0.3 is 0 Å². The fraction of sp³-hybridized carbons (Fsp3) is 0.111. The molecule has 0 aliphatic heterocycles. The van der Waals surface area contributed by atoms with Gasteiger partial charge in [-0.3, -0.25) is 5.10 Å². The molecule has 0 unspecified atom stereocenters. The Morgan fingerprint density at radius 2 is 2.20 bits per heavy atom. The summed E-state index contributed by atoms with van der Waals surface area (Å²) in [7, 11) is 0. The molecule has 0 spiro atoms. The Kier molecular flexibility index (Phi) is 3.73. The van der Waals surface area contributed by atoms with Crippen molar-refractivity contribution >= 4 is 34.0 Å². The maximum absolute atomic E-state index is 14.4. The van der Waals surface area contributed by atoms with Gasteiger partial charge in [0.15, 0.2) is 5.82 Å². The van der Waals surface area contributed by atoms with E-state index in [1.54, 1.807) is 17.6 Å². The number of benzene rings is 1. The predicted octanol–water partition coefficient (Wildman–Crippen LogP) is 4.60. The molecule has 0 saturated heterocycles. The van der Waals surface area contributed by atoms with Gasteiger partial charge in [-0.05, 0) is 54.3 Å². The van der Waals surface area contributed by atoms with Crippen LogP contribution in [0.3, 0.4) is 0 Å². The van der Waals surface area contributed by atoms with Gasteiger partial charge in [0, 0.05) is 17.6 Å². The second kappa shape index (κ2) is 5.93. The molecule has 1 aromatic carbocycles. The number of aromatic amines is 1. The highest BCUT2D eigenvalue weighted by molar-refractivity contribution is 7.98. The SMILES string of the molecule is C=CNc1cc2cc(-c3c(C)c(F)cc4[nH]nc(SC)c34)ccn2n1. The van der Waals surface area contributed by atoms with Crippen LogP contribution in [0.4, 0.5) is 10.2 Å². The number of hydrogen-bond donors (Lipinski definition) is 2. The average Bonchev–Trinajstić information content (AvgIpc) is 3.18. The Labute approximate surface area is 147 Å². The zero-order valence-electron chi connectivity index (χ0n) is 13.8. The Balaban J connectivity index is 2.00. The molecule has 0 aliphatic rings. The number of nitrogens with zero attached hydrogens (tertiary/aromatic N) is 3. The highest BCUT2D eigenvalue weighted by Gasteiger charge is 2.18. The summed E-state index contributed by atoms with van der Waals surface area (Å²) in [6, 6.07) is 7.36. The molecular weight excluding hydrogens is 337 g/mol. The maximum atomic E-state index is 14.4. The molecule has 126 valence electrons. The van der Waals surface area contributed by atoms with Crippen LogP contribution < -0.4 is 5.32 Å². The Morgan fingerprint density at radius 3 is 2.96 bits per heavy atom. The fourth-order valence-electron chi connectivity index (χ4n) is 3.06. The smallest absolute Gasteiger partial charge is 0.152 e. The first-order chi connectivity index (χ1) is 12.1. The lowest BCUT2D eigenvalue weighted by Crippen LogP contribution is -1.93. The van der Waals surface area contributed by atoms with Crippen LogP contribution in [0.2, 0.25) is 0 Å². The molecular formula is C18H16FN5S. The average molecular weight is 353 g/mol. The summed E-state index contributed by atoms with van der Waals surface area (Å²) in [5.74, 6) is 0.461. The second-order valence-corrected chi connectivity index (χ2v) is 6.47. The van der Waals surface area contributed by atoms with Gasteiger partial charge in [-0.15, -0.1) is 11.8 Å². The van der Waals surface area contributed by atoms with Crippen molar-refractivity contribution in [2.75, 3.05) is 11.6 Å². The van der Waals surface area contributed by atoms with Crippen molar-refractivity contribution in [3.8, 4) is 11.1 Å². The molecule has 7 heteroatoms. The highest BCUT2D eigenvalue weighted by Crippen LogP contribution is 2.38. The quantitative estimate of drug-likeness (QED) is 0.526. The van der Waals surface area contributed by atoms with Crippen LogP contribution in [0.15, 0.2) is 48.3 Å². The van der Waals surface area contributed by atoms with E-state index in [9.17, 15) is 4.39 Å². The molecule has 0 bridgehead atoms. The maximum Gasteiger partial charge on any atom is 0.152 e. The van der Waals surface area contributed by atoms with E-state index in [4.69, 9.17) is 0 Å². The molecule has 2 N–H and O–H groups in total. The van der Waals surface area contributed by atoms with Crippen molar-refractivity contribution in [3.63, 3.8) is 0 Å². The zero-order chi connectivity index (χ0) is 17.6. The van der Waals surface area contributed by atoms with Crippen LogP contribution in [0.1, 0.15) is 5.56 Å². The summed E-state index contributed by atoms with van der Waals surface area (Å²) in [6.07, 6.45) is 5.42.